The highest BCUT2D eigenvalue weighted by atomic mass is 19.4. The maximum Gasteiger partial charge on any atom is 0.393 e. The van der Waals surface area contributed by atoms with Crippen LogP contribution in [0.25, 0.3) is 0 Å². The molecule has 0 radical (unpaired) electrons. The summed E-state index contributed by atoms with van der Waals surface area (Å²) in [7, 11) is 0. The van der Waals surface area contributed by atoms with E-state index in [2.05, 4.69) is 0 Å². The first-order valence-electron chi connectivity index (χ1n) is 5.89. The molecular formula is C11H18F3NO2. The first-order chi connectivity index (χ1) is 7.86. The first-order valence-corrected chi connectivity index (χ1v) is 5.89. The summed E-state index contributed by atoms with van der Waals surface area (Å²) in [6, 6.07) is -0.773. The summed E-state index contributed by atoms with van der Waals surface area (Å²) in [4.78, 5) is 12.5. The minimum Gasteiger partial charge on any atom is -0.480 e. The molecule has 1 fully saturated rings. The van der Waals surface area contributed by atoms with E-state index in [0.717, 1.165) is 0 Å². The molecule has 0 aromatic carbocycles. The average Bonchev–Trinajstić information content (AvgIpc) is 2.24. The molecular weight excluding hydrogens is 235 g/mol. The summed E-state index contributed by atoms with van der Waals surface area (Å²) in [5.74, 6) is -2.40. The Labute approximate surface area is 98.6 Å². The monoisotopic (exact) mass is 253 g/mol. The van der Waals surface area contributed by atoms with Gasteiger partial charge in [0, 0.05) is 6.54 Å². The molecule has 100 valence electrons. The Morgan fingerprint density at radius 1 is 1.53 bits per heavy atom. The van der Waals surface area contributed by atoms with Crippen LogP contribution in [0, 0.1) is 5.92 Å². The SMILES string of the molecule is CCCC(C(=O)O)N1CCCC(C(F)(F)F)C1. The summed E-state index contributed by atoms with van der Waals surface area (Å²) in [5.41, 5.74) is 0. The van der Waals surface area contributed by atoms with E-state index >= 15 is 0 Å². The molecule has 2 unspecified atom stereocenters. The van der Waals surface area contributed by atoms with Crippen molar-refractivity contribution in [1.82, 2.24) is 4.90 Å². The lowest BCUT2D eigenvalue weighted by molar-refractivity contribution is -0.190. The second-order valence-electron chi connectivity index (χ2n) is 4.52. The van der Waals surface area contributed by atoms with Gasteiger partial charge in [0.1, 0.15) is 6.04 Å². The van der Waals surface area contributed by atoms with Crippen molar-refractivity contribution in [2.45, 2.75) is 44.8 Å². The number of halogens is 3. The fourth-order valence-corrected chi connectivity index (χ4v) is 2.29. The largest absolute Gasteiger partial charge is 0.480 e. The standard InChI is InChI=1S/C11H18F3NO2/c1-2-4-9(10(16)17)15-6-3-5-8(7-15)11(12,13)14/h8-9H,2-7H2,1H3,(H,16,17). The number of aliphatic carboxylic acids is 1. The molecule has 3 nitrogen and oxygen atoms in total. The number of likely N-dealkylation sites (tertiary alicyclic amines) is 1. The molecule has 0 aromatic heterocycles. The highest BCUT2D eigenvalue weighted by Gasteiger charge is 2.43. The minimum absolute atomic E-state index is 0.110. The Balaban J connectivity index is 2.67. The van der Waals surface area contributed by atoms with Gasteiger partial charge in [0.25, 0.3) is 0 Å². The Hall–Kier alpha value is -0.780. The van der Waals surface area contributed by atoms with Gasteiger partial charge in [-0.25, -0.2) is 0 Å². The van der Waals surface area contributed by atoms with E-state index in [4.69, 9.17) is 5.11 Å². The fraction of sp³-hybridized carbons (Fsp3) is 0.909. The van der Waals surface area contributed by atoms with Gasteiger partial charge in [-0.3, -0.25) is 9.69 Å². The van der Waals surface area contributed by atoms with E-state index < -0.39 is 24.1 Å². The quantitative estimate of drug-likeness (QED) is 0.837. The number of carboxylic acids is 1. The average molecular weight is 253 g/mol. The number of hydrogen-bond donors (Lipinski definition) is 1. The fourth-order valence-electron chi connectivity index (χ4n) is 2.29. The zero-order valence-electron chi connectivity index (χ0n) is 9.83. The minimum atomic E-state index is -4.21. The molecule has 1 heterocycles. The van der Waals surface area contributed by atoms with Gasteiger partial charge >= 0.3 is 12.1 Å². The Bertz CT molecular complexity index is 268. The van der Waals surface area contributed by atoms with Crippen LogP contribution in [0.1, 0.15) is 32.6 Å². The number of alkyl halides is 3. The summed E-state index contributed by atoms with van der Waals surface area (Å²) >= 11 is 0. The summed E-state index contributed by atoms with van der Waals surface area (Å²) < 4.78 is 37.8. The van der Waals surface area contributed by atoms with Gasteiger partial charge in [0.2, 0.25) is 0 Å². The van der Waals surface area contributed by atoms with Crippen LogP contribution in [0.5, 0.6) is 0 Å². The summed E-state index contributed by atoms with van der Waals surface area (Å²) in [6.45, 7) is 2.10. The van der Waals surface area contributed by atoms with Gasteiger partial charge in [-0.1, -0.05) is 13.3 Å². The second-order valence-corrected chi connectivity index (χ2v) is 4.52. The third kappa shape index (κ3) is 3.87. The van der Waals surface area contributed by atoms with Gasteiger partial charge < -0.3 is 5.11 Å². The van der Waals surface area contributed by atoms with Gasteiger partial charge in [0.05, 0.1) is 5.92 Å². The highest BCUT2D eigenvalue weighted by Crippen LogP contribution is 2.34. The molecule has 0 spiro atoms. The van der Waals surface area contributed by atoms with E-state index in [1.807, 2.05) is 6.92 Å². The van der Waals surface area contributed by atoms with E-state index in [1.165, 1.54) is 4.90 Å². The predicted molar refractivity (Wildman–Crippen MR) is 56.7 cm³/mol. The van der Waals surface area contributed by atoms with Crippen LogP contribution in [0.3, 0.4) is 0 Å². The molecule has 17 heavy (non-hydrogen) atoms. The van der Waals surface area contributed by atoms with Gasteiger partial charge in [0.15, 0.2) is 0 Å². The molecule has 1 saturated heterocycles. The van der Waals surface area contributed by atoms with Crippen molar-refractivity contribution in [3.8, 4) is 0 Å². The van der Waals surface area contributed by atoms with E-state index in [0.29, 0.717) is 25.8 Å². The molecule has 0 aliphatic carbocycles. The third-order valence-electron chi connectivity index (χ3n) is 3.20. The van der Waals surface area contributed by atoms with E-state index in [1.54, 1.807) is 0 Å². The normalized spacial score (nSPS) is 24.6. The van der Waals surface area contributed by atoms with Crippen LogP contribution in [0.15, 0.2) is 0 Å². The third-order valence-corrected chi connectivity index (χ3v) is 3.20. The number of carbonyl (C=O) groups is 1. The molecule has 6 heteroatoms. The molecule has 0 saturated carbocycles. The maximum absolute atomic E-state index is 12.6. The van der Waals surface area contributed by atoms with Gasteiger partial charge in [-0.05, 0) is 25.8 Å². The molecule has 0 amide bonds. The van der Waals surface area contributed by atoms with Crippen molar-refractivity contribution in [3.63, 3.8) is 0 Å². The van der Waals surface area contributed by atoms with Crippen LogP contribution in [-0.2, 0) is 4.79 Å². The van der Waals surface area contributed by atoms with Crippen molar-refractivity contribution < 1.29 is 23.1 Å². The van der Waals surface area contributed by atoms with Crippen molar-refractivity contribution in [1.29, 1.82) is 0 Å². The first kappa shape index (κ1) is 14.3. The summed E-state index contributed by atoms with van der Waals surface area (Å²) in [6.07, 6.45) is -2.63. The van der Waals surface area contributed by atoms with E-state index in [-0.39, 0.29) is 13.0 Å². The van der Waals surface area contributed by atoms with Gasteiger partial charge in [-0.2, -0.15) is 13.2 Å². The Morgan fingerprint density at radius 2 is 2.18 bits per heavy atom. The number of carboxylic acid groups (broad SMARTS) is 1. The Kier molecular flexibility index (Phi) is 4.80. The topological polar surface area (TPSA) is 40.5 Å². The maximum atomic E-state index is 12.6. The van der Waals surface area contributed by atoms with Crippen LogP contribution in [-0.4, -0.2) is 41.3 Å². The lowest BCUT2D eigenvalue weighted by atomic mass is 9.95. The van der Waals surface area contributed by atoms with Crippen LogP contribution < -0.4 is 0 Å². The number of piperidine rings is 1. The van der Waals surface area contributed by atoms with Gasteiger partial charge in [-0.15, -0.1) is 0 Å². The second kappa shape index (κ2) is 5.71. The number of hydrogen-bond acceptors (Lipinski definition) is 2. The van der Waals surface area contributed by atoms with Crippen molar-refractivity contribution >= 4 is 5.97 Å². The predicted octanol–water partition coefficient (Wildman–Crippen LogP) is 2.51. The molecule has 1 aliphatic rings. The molecule has 1 rings (SSSR count). The lowest BCUT2D eigenvalue weighted by Crippen LogP contribution is -2.49. The molecule has 0 aromatic rings. The van der Waals surface area contributed by atoms with Crippen LogP contribution in [0.4, 0.5) is 13.2 Å². The van der Waals surface area contributed by atoms with Crippen molar-refractivity contribution in [2.75, 3.05) is 13.1 Å². The highest BCUT2D eigenvalue weighted by molar-refractivity contribution is 5.73. The number of rotatable bonds is 4. The lowest BCUT2D eigenvalue weighted by Gasteiger charge is -2.37. The van der Waals surface area contributed by atoms with Crippen molar-refractivity contribution in [3.05, 3.63) is 0 Å². The molecule has 0 bridgehead atoms. The number of nitrogens with zero attached hydrogens (tertiary/aromatic N) is 1. The smallest absolute Gasteiger partial charge is 0.393 e. The summed E-state index contributed by atoms with van der Waals surface area (Å²) in [5, 5.41) is 9.02. The van der Waals surface area contributed by atoms with E-state index in [9.17, 15) is 18.0 Å². The molecule has 1 N–H and O–H groups in total. The molecule has 2 atom stereocenters. The zero-order valence-corrected chi connectivity index (χ0v) is 9.83. The van der Waals surface area contributed by atoms with Crippen molar-refractivity contribution in [2.24, 2.45) is 5.92 Å². The van der Waals surface area contributed by atoms with Crippen LogP contribution >= 0.6 is 0 Å². The molecule has 1 aliphatic heterocycles. The Morgan fingerprint density at radius 3 is 2.65 bits per heavy atom. The zero-order chi connectivity index (χ0) is 13.1. The van der Waals surface area contributed by atoms with Crippen LogP contribution in [0.2, 0.25) is 0 Å².